The van der Waals surface area contributed by atoms with Crippen LogP contribution in [0.15, 0.2) is 48.5 Å². The highest BCUT2D eigenvalue weighted by Gasteiger charge is 2.13. The Kier molecular flexibility index (Phi) is 5.76. The topological polar surface area (TPSA) is 60.5 Å². The van der Waals surface area contributed by atoms with E-state index in [1.165, 1.54) is 11.3 Å². The Labute approximate surface area is 163 Å². The van der Waals surface area contributed by atoms with Gasteiger partial charge in [0.2, 0.25) is 0 Å². The predicted octanol–water partition coefficient (Wildman–Crippen LogP) is 5.17. The Bertz CT molecular complexity index is 916. The molecule has 0 radical (unpaired) electrons. The Morgan fingerprint density at radius 3 is 2.26 bits per heavy atom. The SMILES string of the molecule is COc1ccc(-c2nc(NC(=O)c3ccc(OC(C)C)cc3)sc2C)cc1. The van der Waals surface area contributed by atoms with E-state index < -0.39 is 0 Å². The molecular weight excluding hydrogens is 360 g/mol. The number of thiazole rings is 1. The summed E-state index contributed by atoms with van der Waals surface area (Å²) in [4.78, 5) is 18.1. The summed E-state index contributed by atoms with van der Waals surface area (Å²) in [6.45, 7) is 5.92. The molecule has 0 aliphatic heterocycles. The molecule has 0 unspecified atom stereocenters. The zero-order valence-corrected chi connectivity index (χ0v) is 16.6. The molecule has 3 rings (SSSR count). The second-order valence-corrected chi connectivity index (χ2v) is 7.50. The van der Waals surface area contributed by atoms with E-state index in [2.05, 4.69) is 10.3 Å². The third-order valence-electron chi connectivity index (χ3n) is 3.87. The number of carbonyl (C=O) groups excluding carboxylic acids is 1. The minimum Gasteiger partial charge on any atom is -0.497 e. The molecule has 1 amide bonds. The van der Waals surface area contributed by atoms with Gasteiger partial charge in [0, 0.05) is 16.0 Å². The smallest absolute Gasteiger partial charge is 0.257 e. The van der Waals surface area contributed by atoms with Gasteiger partial charge < -0.3 is 9.47 Å². The monoisotopic (exact) mass is 382 g/mol. The Morgan fingerprint density at radius 1 is 1.04 bits per heavy atom. The van der Waals surface area contributed by atoms with E-state index in [0.717, 1.165) is 27.6 Å². The lowest BCUT2D eigenvalue weighted by molar-refractivity contribution is 0.102. The van der Waals surface area contributed by atoms with Gasteiger partial charge >= 0.3 is 0 Å². The second-order valence-electron chi connectivity index (χ2n) is 6.30. The normalized spacial score (nSPS) is 10.7. The van der Waals surface area contributed by atoms with Gasteiger partial charge in [0.25, 0.3) is 5.91 Å². The van der Waals surface area contributed by atoms with Gasteiger partial charge in [-0.1, -0.05) is 0 Å². The molecule has 1 N–H and O–H groups in total. The number of benzene rings is 2. The standard InChI is InChI=1S/C21H22N2O3S/c1-13(2)26-18-11-7-16(8-12-18)20(24)23-21-22-19(14(3)27-21)15-5-9-17(25-4)10-6-15/h5-13H,1-4H3,(H,22,23,24). The molecule has 5 nitrogen and oxygen atoms in total. The summed E-state index contributed by atoms with van der Waals surface area (Å²) in [6.07, 6.45) is 0.0966. The summed E-state index contributed by atoms with van der Waals surface area (Å²) in [7, 11) is 1.64. The minimum atomic E-state index is -0.193. The number of nitrogens with one attached hydrogen (secondary N) is 1. The number of carbonyl (C=O) groups is 1. The van der Waals surface area contributed by atoms with Gasteiger partial charge in [-0.3, -0.25) is 10.1 Å². The molecule has 0 spiro atoms. The predicted molar refractivity (Wildman–Crippen MR) is 109 cm³/mol. The van der Waals surface area contributed by atoms with Crippen LogP contribution in [0.1, 0.15) is 29.1 Å². The summed E-state index contributed by atoms with van der Waals surface area (Å²) < 4.78 is 10.8. The average Bonchev–Trinajstić information content (AvgIpc) is 3.02. The molecule has 0 bridgehead atoms. The highest BCUT2D eigenvalue weighted by Crippen LogP contribution is 2.31. The van der Waals surface area contributed by atoms with Crippen molar-refractivity contribution in [3.8, 4) is 22.8 Å². The van der Waals surface area contributed by atoms with Crippen LogP contribution >= 0.6 is 11.3 Å². The van der Waals surface area contributed by atoms with Gasteiger partial charge in [-0.2, -0.15) is 0 Å². The number of rotatable bonds is 6. The van der Waals surface area contributed by atoms with Crippen molar-refractivity contribution in [1.29, 1.82) is 0 Å². The van der Waals surface area contributed by atoms with Crippen LogP contribution in [0, 0.1) is 6.92 Å². The molecule has 140 valence electrons. The summed E-state index contributed by atoms with van der Waals surface area (Å²) in [5, 5.41) is 3.45. The van der Waals surface area contributed by atoms with Crippen molar-refractivity contribution in [2.24, 2.45) is 0 Å². The molecule has 1 heterocycles. The van der Waals surface area contributed by atoms with E-state index >= 15 is 0 Å². The lowest BCUT2D eigenvalue weighted by atomic mass is 10.1. The van der Waals surface area contributed by atoms with Crippen LogP contribution in [-0.2, 0) is 0 Å². The maximum absolute atomic E-state index is 12.5. The van der Waals surface area contributed by atoms with Gasteiger partial charge in [0.15, 0.2) is 5.13 Å². The average molecular weight is 382 g/mol. The van der Waals surface area contributed by atoms with Crippen molar-refractivity contribution in [2.75, 3.05) is 12.4 Å². The number of hydrogen-bond acceptors (Lipinski definition) is 5. The van der Waals surface area contributed by atoms with Crippen molar-refractivity contribution in [1.82, 2.24) is 4.98 Å². The van der Waals surface area contributed by atoms with Crippen molar-refractivity contribution < 1.29 is 14.3 Å². The van der Waals surface area contributed by atoms with E-state index in [-0.39, 0.29) is 12.0 Å². The van der Waals surface area contributed by atoms with Crippen LogP contribution in [0.25, 0.3) is 11.3 Å². The van der Waals surface area contributed by atoms with Crippen LogP contribution < -0.4 is 14.8 Å². The molecule has 2 aromatic carbocycles. The zero-order valence-electron chi connectivity index (χ0n) is 15.8. The fourth-order valence-electron chi connectivity index (χ4n) is 2.59. The molecule has 0 aliphatic rings. The third kappa shape index (κ3) is 4.65. The first-order valence-corrected chi connectivity index (χ1v) is 9.48. The summed E-state index contributed by atoms with van der Waals surface area (Å²) in [5.41, 5.74) is 2.41. The Hall–Kier alpha value is -2.86. The van der Waals surface area contributed by atoms with Crippen LogP contribution in [-0.4, -0.2) is 24.1 Å². The molecule has 0 aliphatic carbocycles. The number of nitrogens with zero attached hydrogens (tertiary/aromatic N) is 1. The molecular formula is C21H22N2O3S. The lowest BCUT2D eigenvalue weighted by Crippen LogP contribution is -2.12. The highest BCUT2D eigenvalue weighted by molar-refractivity contribution is 7.16. The number of aryl methyl sites for hydroxylation is 1. The number of hydrogen-bond donors (Lipinski definition) is 1. The fourth-order valence-corrected chi connectivity index (χ4v) is 3.42. The van der Waals surface area contributed by atoms with E-state index in [1.807, 2.05) is 45.0 Å². The van der Waals surface area contributed by atoms with E-state index in [4.69, 9.17) is 9.47 Å². The number of ether oxygens (including phenoxy) is 2. The zero-order chi connectivity index (χ0) is 19.4. The van der Waals surface area contributed by atoms with E-state index in [0.29, 0.717) is 10.7 Å². The van der Waals surface area contributed by atoms with Crippen molar-refractivity contribution in [2.45, 2.75) is 26.9 Å². The van der Waals surface area contributed by atoms with Crippen LogP contribution in [0.4, 0.5) is 5.13 Å². The molecule has 1 aromatic heterocycles. The van der Waals surface area contributed by atoms with Crippen LogP contribution in [0.5, 0.6) is 11.5 Å². The molecule has 3 aromatic rings. The fraction of sp³-hybridized carbons (Fsp3) is 0.238. The maximum atomic E-state index is 12.5. The van der Waals surface area contributed by atoms with Crippen LogP contribution in [0.2, 0.25) is 0 Å². The van der Waals surface area contributed by atoms with Crippen molar-refractivity contribution in [3.63, 3.8) is 0 Å². The summed E-state index contributed by atoms with van der Waals surface area (Å²) in [5.74, 6) is 1.35. The molecule has 0 saturated heterocycles. The highest BCUT2D eigenvalue weighted by atomic mass is 32.1. The third-order valence-corrected chi connectivity index (χ3v) is 4.76. The quantitative estimate of drug-likeness (QED) is 0.639. The summed E-state index contributed by atoms with van der Waals surface area (Å²) >= 11 is 1.45. The second kappa shape index (κ2) is 8.22. The van der Waals surface area contributed by atoms with Gasteiger partial charge in [-0.25, -0.2) is 4.98 Å². The molecule has 27 heavy (non-hydrogen) atoms. The van der Waals surface area contributed by atoms with Gasteiger partial charge in [0.1, 0.15) is 11.5 Å². The number of anilines is 1. The van der Waals surface area contributed by atoms with E-state index in [9.17, 15) is 4.79 Å². The van der Waals surface area contributed by atoms with Crippen LogP contribution in [0.3, 0.4) is 0 Å². The first-order chi connectivity index (χ1) is 13.0. The van der Waals surface area contributed by atoms with Crippen molar-refractivity contribution >= 4 is 22.4 Å². The van der Waals surface area contributed by atoms with Gasteiger partial charge in [0.05, 0.1) is 18.9 Å². The largest absolute Gasteiger partial charge is 0.497 e. The minimum absolute atomic E-state index is 0.0966. The first kappa shape index (κ1) is 18.9. The van der Waals surface area contributed by atoms with Gasteiger partial charge in [-0.05, 0) is 69.3 Å². The summed E-state index contributed by atoms with van der Waals surface area (Å²) in [6, 6.07) is 14.8. The lowest BCUT2D eigenvalue weighted by Gasteiger charge is -2.09. The molecule has 0 atom stereocenters. The van der Waals surface area contributed by atoms with Crippen molar-refractivity contribution in [3.05, 3.63) is 59.0 Å². The molecule has 0 saturated carbocycles. The van der Waals surface area contributed by atoms with Gasteiger partial charge in [-0.15, -0.1) is 11.3 Å². The number of amides is 1. The Morgan fingerprint density at radius 2 is 1.67 bits per heavy atom. The number of methoxy groups -OCH3 is 1. The molecule has 6 heteroatoms. The van der Waals surface area contributed by atoms with E-state index in [1.54, 1.807) is 31.4 Å². The first-order valence-electron chi connectivity index (χ1n) is 8.66. The number of aromatic nitrogens is 1. The molecule has 0 fully saturated rings. The maximum Gasteiger partial charge on any atom is 0.257 e. The Balaban J connectivity index is 1.73.